The van der Waals surface area contributed by atoms with Gasteiger partial charge in [-0.1, -0.05) is 6.07 Å². The van der Waals surface area contributed by atoms with Crippen molar-refractivity contribution in [2.24, 2.45) is 0 Å². The fourth-order valence-corrected chi connectivity index (χ4v) is 3.25. The van der Waals surface area contributed by atoms with Gasteiger partial charge in [-0.2, -0.15) is 0 Å². The lowest BCUT2D eigenvalue weighted by molar-refractivity contribution is 0.579. The second-order valence-electron chi connectivity index (χ2n) is 3.83. The molecule has 0 aromatic carbocycles. The van der Waals surface area contributed by atoms with E-state index in [1.54, 1.807) is 18.3 Å². The van der Waals surface area contributed by atoms with Crippen LogP contribution in [0.15, 0.2) is 23.4 Å². The fourth-order valence-electron chi connectivity index (χ4n) is 1.69. The molecular weight excluding hydrogens is 212 g/mol. The Morgan fingerprint density at radius 1 is 1.47 bits per heavy atom. The first-order valence-electron chi connectivity index (χ1n) is 4.98. The average molecular weight is 226 g/mol. The van der Waals surface area contributed by atoms with Crippen LogP contribution in [0.5, 0.6) is 0 Å². The highest BCUT2D eigenvalue weighted by Crippen LogP contribution is 2.18. The van der Waals surface area contributed by atoms with Crippen LogP contribution in [0.3, 0.4) is 0 Å². The molecule has 2 heterocycles. The van der Waals surface area contributed by atoms with Crippen molar-refractivity contribution in [2.75, 3.05) is 13.1 Å². The standard InChI is InChI=1S/C10H14N2O2S/c1-8-2-3-10(12-6-8)15(13,14)9-4-5-11-7-9/h2-3,6,9,11H,4-5,7H2,1H3. The quantitative estimate of drug-likeness (QED) is 0.799. The summed E-state index contributed by atoms with van der Waals surface area (Å²) in [5.41, 5.74) is 0.971. The summed E-state index contributed by atoms with van der Waals surface area (Å²) in [6.07, 6.45) is 2.27. The first kappa shape index (κ1) is 10.6. The van der Waals surface area contributed by atoms with Gasteiger partial charge in [-0.05, 0) is 31.5 Å². The number of hydrogen-bond acceptors (Lipinski definition) is 4. The minimum Gasteiger partial charge on any atom is -0.315 e. The van der Waals surface area contributed by atoms with Crippen molar-refractivity contribution >= 4 is 9.84 Å². The summed E-state index contributed by atoms with van der Waals surface area (Å²) in [6, 6.07) is 3.37. The Morgan fingerprint density at radius 2 is 2.27 bits per heavy atom. The van der Waals surface area contributed by atoms with Crippen molar-refractivity contribution in [3.8, 4) is 0 Å². The molecule has 4 nitrogen and oxygen atoms in total. The van der Waals surface area contributed by atoms with Crippen LogP contribution >= 0.6 is 0 Å². The largest absolute Gasteiger partial charge is 0.315 e. The van der Waals surface area contributed by atoms with Crippen LogP contribution in [-0.4, -0.2) is 31.7 Å². The Kier molecular flexibility index (Phi) is 2.75. The molecule has 1 aromatic heterocycles. The average Bonchev–Trinajstić information content (AvgIpc) is 2.71. The zero-order valence-electron chi connectivity index (χ0n) is 8.60. The van der Waals surface area contributed by atoms with Gasteiger partial charge in [-0.25, -0.2) is 13.4 Å². The van der Waals surface area contributed by atoms with Crippen molar-refractivity contribution in [2.45, 2.75) is 23.6 Å². The third kappa shape index (κ3) is 2.03. The Bertz CT molecular complexity index is 433. The van der Waals surface area contributed by atoms with Gasteiger partial charge in [0.05, 0.1) is 5.25 Å². The SMILES string of the molecule is Cc1ccc(S(=O)(=O)C2CCNC2)nc1. The molecule has 0 radical (unpaired) electrons. The van der Waals surface area contributed by atoms with Crippen LogP contribution in [0.4, 0.5) is 0 Å². The summed E-state index contributed by atoms with van der Waals surface area (Å²) in [5.74, 6) is 0. The molecule has 1 atom stereocenters. The van der Waals surface area contributed by atoms with Gasteiger partial charge >= 0.3 is 0 Å². The Morgan fingerprint density at radius 3 is 2.80 bits per heavy atom. The topological polar surface area (TPSA) is 59.1 Å². The molecule has 0 aliphatic carbocycles. The van der Waals surface area contributed by atoms with E-state index in [0.717, 1.165) is 12.1 Å². The third-order valence-electron chi connectivity index (χ3n) is 2.63. The van der Waals surface area contributed by atoms with E-state index in [1.165, 1.54) is 0 Å². The Balaban J connectivity index is 2.32. The van der Waals surface area contributed by atoms with Gasteiger partial charge in [-0.15, -0.1) is 0 Å². The van der Waals surface area contributed by atoms with Gasteiger partial charge < -0.3 is 5.32 Å². The highest BCUT2D eigenvalue weighted by molar-refractivity contribution is 7.92. The Hall–Kier alpha value is -0.940. The lowest BCUT2D eigenvalue weighted by atomic mass is 10.3. The smallest absolute Gasteiger partial charge is 0.199 e. The maximum atomic E-state index is 12.0. The molecule has 2 rings (SSSR count). The first-order chi connectivity index (χ1) is 7.10. The molecule has 15 heavy (non-hydrogen) atoms. The third-order valence-corrected chi connectivity index (χ3v) is 4.73. The van der Waals surface area contributed by atoms with Crippen LogP contribution in [-0.2, 0) is 9.84 Å². The number of pyridine rings is 1. The van der Waals surface area contributed by atoms with Crippen LogP contribution in [0.2, 0.25) is 0 Å². The molecule has 0 amide bonds. The molecular formula is C10H14N2O2S. The van der Waals surface area contributed by atoms with E-state index in [-0.39, 0.29) is 10.3 Å². The molecule has 1 aliphatic rings. The van der Waals surface area contributed by atoms with E-state index in [2.05, 4.69) is 10.3 Å². The van der Waals surface area contributed by atoms with Crippen LogP contribution in [0.25, 0.3) is 0 Å². The fraction of sp³-hybridized carbons (Fsp3) is 0.500. The lowest BCUT2D eigenvalue weighted by Gasteiger charge is -2.09. The van der Waals surface area contributed by atoms with Gasteiger partial charge in [0.1, 0.15) is 0 Å². The van der Waals surface area contributed by atoms with E-state index in [1.807, 2.05) is 6.92 Å². The van der Waals surface area contributed by atoms with E-state index in [9.17, 15) is 8.42 Å². The van der Waals surface area contributed by atoms with E-state index in [0.29, 0.717) is 13.0 Å². The van der Waals surface area contributed by atoms with E-state index < -0.39 is 9.84 Å². The second kappa shape index (κ2) is 3.90. The molecule has 5 heteroatoms. The monoisotopic (exact) mass is 226 g/mol. The first-order valence-corrected chi connectivity index (χ1v) is 6.52. The summed E-state index contributed by atoms with van der Waals surface area (Å²) in [7, 11) is -3.23. The lowest BCUT2D eigenvalue weighted by Crippen LogP contribution is -2.24. The van der Waals surface area contributed by atoms with E-state index >= 15 is 0 Å². The predicted molar refractivity (Wildman–Crippen MR) is 57.4 cm³/mol. The predicted octanol–water partition coefficient (Wildman–Crippen LogP) is 0.526. The summed E-state index contributed by atoms with van der Waals surface area (Å²) in [4.78, 5) is 3.98. The minimum absolute atomic E-state index is 0.196. The second-order valence-corrected chi connectivity index (χ2v) is 6.01. The van der Waals surface area contributed by atoms with Crippen molar-refractivity contribution in [3.63, 3.8) is 0 Å². The number of nitrogens with zero attached hydrogens (tertiary/aromatic N) is 1. The summed E-state index contributed by atoms with van der Waals surface area (Å²) in [6.45, 7) is 3.20. The van der Waals surface area contributed by atoms with Gasteiger partial charge in [0.2, 0.25) is 0 Å². The van der Waals surface area contributed by atoms with Crippen molar-refractivity contribution < 1.29 is 8.42 Å². The van der Waals surface area contributed by atoms with Crippen molar-refractivity contribution in [3.05, 3.63) is 23.9 Å². The molecule has 0 bridgehead atoms. The molecule has 1 N–H and O–H groups in total. The number of aromatic nitrogens is 1. The number of rotatable bonds is 2. The number of hydrogen-bond donors (Lipinski definition) is 1. The molecule has 82 valence electrons. The van der Waals surface area contributed by atoms with Crippen LogP contribution < -0.4 is 5.32 Å². The maximum Gasteiger partial charge on any atom is 0.199 e. The molecule has 1 saturated heterocycles. The van der Waals surface area contributed by atoms with Gasteiger partial charge in [0.25, 0.3) is 0 Å². The molecule has 1 fully saturated rings. The summed E-state index contributed by atoms with van der Waals surface area (Å²) in [5, 5.41) is 2.94. The van der Waals surface area contributed by atoms with Crippen LogP contribution in [0.1, 0.15) is 12.0 Å². The van der Waals surface area contributed by atoms with Crippen molar-refractivity contribution in [1.29, 1.82) is 0 Å². The zero-order chi connectivity index (χ0) is 10.9. The molecule has 0 saturated carbocycles. The molecule has 1 unspecified atom stereocenters. The van der Waals surface area contributed by atoms with Gasteiger partial charge in [0.15, 0.2) is 14.9 Å². The highest BCUT2D eigenvalue weighted by atomic mass is 32.2. The molecule has 1 aromatic rings. The normalized spacial score (nSPS) is 21.8. The number of sulfone groups is 1. The van der Waals surface area contributed by atoms with Gasteiger partial charge in [-0.3, -0.25) is 0 Å². The Labute approximate surface area is 89.6 Å². The molecule has 0 spiro atoms. The van der Waals surface area contributed by atoms with Crippen LogP contribution in [0, 0.1) is 6.92 Å². The van der Waals surface area contributed by atoms with Gasteiger partial charge in [0, 0.05) is 12.7 Å². The number of nitrogens with one attached hydrogen (secondary N) is 1. The summed E-state index contributed by atoms with van der Waals surface area (Å²) >= 11 is 0. The van der Waals surface area contributed by atoms with Crippen molar-refractivity contribution in [1.82, 2.24) is 10.3 Å². The highest BCUT2D eigenvalue weighted by Gasteiger charge is 2.30. The van der Waals surface area contributed by atoms with E-state index in [4.69, 9.17) is 0 Å². The molecule has 1 aliphatic heterocycles. The minimum atomic E-state index is -3.23. The maximum absolute atomic E-state index is 12.0. The number of aryl methyl sites for hydroxylation is 1. The zero-order valence-corrected chi connectivity index (χ0v) is 9.42. The summed E-state index contributed by atoms with van der Waals surface area (Å²) < 4.78 is 24.1.